The van der Waals surface area contributed by atoms with E-state index in [9.17, 15) is 5.11 Å². The van der Waals surface area contributed by atoms with Crippen molar-refractivity contribution in [2.75, 3.05) is 0 Å². The Morgan fingerprint density at radius 3 is 2.56 bits per heavy atom. The molecule has 0 fully saturated rings. The number of rotatable bonds is 5. The van der Waals surface area contributed by atoms with E-state index >= 15 is 0 Å². The summed E-state index contributed by atoms with van der Waals surface area (Å²) in [4.78, 5) is 0. The second kappa shape index (κ2) is 6.19. The van der Waals surface area contributed by atoms with Crippen molar-refractivity contribution >= 4 is 12.6 Å². The molecule has 0 bridgehead atoms. The number of aromatic hydroxyl groups is 1. The average molecular weight is 238 g/mol. The number of hydrogen-bond acceptors (Lipinski definition) is 2. The number of aryl methyl sites for hydroxylation is 2. The van der Waals surface area contributed by atoms with Crippen LogP contribution in [-0.2, 0) is 6.42 Å². The summed E-state index contributed by atoms with van der Waals surface area (Å²) in [5.74, 6) is 0.379. The monoisotopic (exact) mass is 238 g/mol. The SMILES string of the molecule is CCCCc1cc(O)cc(C)c1C(S)CC. The highest BCUT2D eigenvalue weighted by atomic mass is 32.1. The third-order valence-electron chi connectivity index (χ3n) is 2.98. The molecule has 1 atom stereocenters. The lowest BCUT2D eigenvalue weighted by Gasteiger charge is -2.18. The van der Waals surface area contributed by atoms with Crippen molar-refractivity contribution in [3.63, 3.8) is 0 Å². The lowest BCUT2D eigenvalue weighted by atomic mass is 9.94. The van der Waals surface area contributed by atoms with Gasteiger partial charge in [0, 0.05) is 5.25 Å². The van der Waals surface area contributed by atoms with Crippen molar-refractivity contribution in [1.29, 1.82) is 0 Å². The van der Waals surface area contributed by atoms with Gasteiger partial charge in [0.15, 0.2) is 0 Å². The highest BCUT2D eigenvalue weighted by molar-refractivity contribution is 7.80. The third-order valence-corrected chi connectivity index (χ3v) is 3.60. The fourth-order valence-corrected chi connectivity index (χ4v) is 2.48. The van der Waals surface area contributed by atoms with Gasteiger partial charge >= 0.3 is 0 Å². The van der Waals surface area contributed by atoms with Gasteiger partial charge in [-0.25, -0.2) is 0 Å². The van der Waals surface area contributed by atoms with Crippen LogP contribution in [0.3, 0.4) is 0 Å². The predicted molar refractivity (Wildman–Crippen MR) is 73.5 cm³/mol. The van der Waals surface area contributed by atoms with Crippen molar-refractivity contribution < 1.29 is 5.11 Å². The molecule has 0 spiro atoms. The number of unbranched alkanes of at least 4 members (excludes halogenated alkanes) is 1. The van der Waals surface area contributed by atoms with E-state index in [2.05, 4.69) is 33.4 Å². The maximum Gasteiger partial charge on any atom is 0.116 e. The molecule has 0 aliphatic rings. The van der Waals surface area contributed by atoms with E-state index in [-0.39, 0.29) is 5.25 Å². The zero-order valence-electron chi connectivity index (χ0n) is 10.5. The van der Waals surface area contributed by atoms with Crippen molar-refractivity contribution in [3.8, 4) is 5.75 Å². The molecule has 1 unspecified atom stereocenters. The molecular weight excluding hydrogens is 216 g/mol. The summed E-state index contributed by atoms with van der Waals surface area (Å²) < 4.78 is 0. The normalized spacial score (nSPS) is 12.8. The van der Waals surface area contributed by atoms with Gasteiger partial charge < -0.3 is 5.11 Å². The molecule has 1 nitrogen and oxygen atoms in total. The third kappa shape index (κ3) is 3.18. The van der Waals surface area contributed by atoms with Gasteiger partial charge in [0.05, 0.1) is 0 Å². The van der Waals surface area contributed by atoms with Crippen LogP contribution in [0.15, 0.2) is 12.1 Å². The molecule has 0 saturated carbocycles. The first-order valence-electron chi connectivity index (χ1n) is 6.10. The standard InChI is InChI=1S/C14H22OS/c1-4-6-7-11-9-12(15)8-10(3)14(11)13(16)5-2/h8-9,13,15-16H,4-7H2,1-3H3. The highest BCUT2D eigenvalue weighted by Crippen LogP contribution is 2.33. The van der Waals surface area contributed by atoms with Gasteiger partial charge in [-0.05, 0) is 55.0 Å². The number of benzene rings is 1. The Morgan fingerprint density at radius 2 is 2.00 bits per heavy atom. The number of thiol groups is 1. The predicted octanol–water partition coefficient (Wildman–Crippen LogP) is 4.42. The smallest absolute Gasteiger partial charge is 0.116 e. The Kier molecular flexibility index (Phi) is 5.20. The van der Waals surface area contributed by atoms with Gasteiger partial charge in [0.2, 0.25) is 0 Å². The molecular formula is C14H22OS. The summed E-state index contributed by atoms with van der Waals surface area (Å²) in [7, 11) is 0. The molecule has 1 aromatic rings. The molecule has 90 valence electrons. The molecule has 0 radical (unpaired) electrons. The van der Waals surface area contributed by atoms with E-state index in [0.717, 1.165) is 18.4 Å². The summed E-state index contributed by atoms with van der Waals surface area (Å²) in [6, 6.07) is 3.74. The molecule has 1 N–H and O–H groups in total. The van der Waals surface area contributed by atoms with Crippen LogP contribution in [0.4, 0.5) is 0 Å². The molecule has 0 aliphatic heterocycles. The van der Waals surface area contributed by atoms with Crippen LogP contribution in [0.2, 0.25) is 0 Å². The summed E-state index contributed by atoms with van der Waals surface area (Å²) in [5.41, 5.74) is 3.74. The van der Waals surface area contributed by atoms with Crippen LogP contribution in [0.5, 0.6) is 5.75 Å². The summed E-state index contributed by atoms with van der Waals surface area (Å²) in [5, 5.41) is 9.93. The molecule has 0 aliphatic carbocycles. The minimum Gasteiger partial charge on any atom is -0.508 e. The van der Waals surface area contributed by atoms with Gasteiger partial charge in [-0.2, -0.15) is 12.6 Å². The van der Waals surface area contributed by atoms with Crippen LogP contribution in [0.1, 0.15) is 55.1 Å². The highest BCUT2D eigenvalue weighted by Gasteiger charge is 2.13. The molecule has 16 heavy (non-hydrogen) atoms. The molecule has 0 aromatic heterocycles. The fraction of sp³-hybridized carbons (Fsp3) is 0.571. The first-order valence-corrected chi connectivity index (χ1v) is 6.62. The lowest BCUT2D eigenvalue weighted by Crippen LogP contribution is -2.00. The quantitative estimate of drug-likeness (QED) is 0.727. The Hall–Kier alpha value is -0.630. The maximum atomic E-state index is 9.65. The van der Waals surface area contributed by atoms with Crippen molar-refractivity contribution in [2.24, 2.45) is 0 Å². The summed E-state index contributed by atoms with van der Waals surface area (Å²) >= 11 is 4.63. The number of phenolic OH excluding ortho intramolecular Hbond substituents is 1. The minimum atomic E-state index is 0.285. The maximum absolute atomic E-state index is 9.65. The van der Waals surface area contributed by atoms with E-state index in [4.69, 9.17) is 0 Å². The summed E-state index contributed by atoms with van der Waals surface area (Å²) in [6.07, 6.45) is 4.41. The van der Waals surface area contributed by atoms with E-state index < -0.39 is 0 Å². The first kappa shape index (κ1) is 13.4. The lowest BCUT2D eigenvalue weighted by molar-refractivity contribution is 0.473. The van der Waals surface area contributed by atoms with Crippen molar-refractivity contribution in [3.05, 3.63) is 28.8 Å². The molecule has 1 rings (SSSR count). The van der Waals surface area contributed by atoms with Gasteiger partial charge in [-0.15, -0.1) is 0 Å². The minimum absolute atomic E-state index is 0.285. The average Bonchev–Trinajstić information content (AvgIpc) is 2.24. The number of phenols is 1. The van der Waals surface area contributed by atoms with Crippen LogP contribution in [0, 0.1) is 6.92 Å². The van der Waals surface area contributed by atoms with E-state index in [1.165, 1.54) is 24.0 Å². The van der Waals surface area contributed by atoms with E-state index in [0.29, 0.717) is 5.75 Å². The van der Waals surface area contributed by atoms with Crippen molar-refractivity contribution in [2.45, 2.75) is 51.7 Å². The second-order valence-corrected chi connectivity index (χ2v) is 4.99. The largest absolute Gasteiger partial charge is 0.508 e. The second-order valence-electron chi connectivity index (χ2n) is 4.36. The molecule has 2 heteroatoms. The van der Waals surface area contributed by atoms with Gasteiger partial charge in [0.25, 0.3) is 0 Å². The van der Waals surface area contributed by atoms with Crippen LogP contribution < -0.4 is 0 Å². The Labute approximate surface area is 104 Å². The molecule has 1 aromatic carbocycles. The van der Waals surface area contributed by atoms with Crippen LogP contribution in [0.25, 0.3) is 0 Å². The fourth-order valence-electron chi connectivity index (χ4n) is 2.11. The summed E-state index contributed by atoms with van der Waals surface area (Å²) in [6.45, 7) is 6.39. The van der Waals surface area contributed by atoms with Crippen molar-refractivity contribution in [1.82, 2.24) is 0 Å². The Balaban J connectivity index is 3.10. The van der Waals surface area contributed by atoms with Gasteiger partial charge in [-0.1, -0.05) is 20.3 Å². The zero-order valence-corrected chi connectivity index (χ0v) is 11.3. The molecule has 0 saturated heterocycles. The first-order chi connectivity index (χ1) is 7.60. The Morgan fingerprint density at radius 1 is 1.31 bits per heavy atom. The topological polar surface area (TPSA) is 20.2 Å². The molecule has 0 amide bonds. The van der Waals surface area contributed by atoms with Gasteiger partial charge in [0.1, 0.15) is 5.75 Å². The van der Waals surface area contributed by atoms with E-state index in [1.807, 2.05) is 12.1 Å². The zero-order chi connectivity index (χ0) is 12.1. The van der Waals surface area contributed by atoms with Crippen LogP contribution in [-0.4, -0.2) is 5.11 Å². The molecule has 0 heterocycles. The van der Waals surface area contributed by atoms with E-state index in [1.54, 1.807) is 0 Å². The van der Waals surface area contributed by atoms with Gasteiger partial charge in [-0.3, -0.25) is 0 Å². The van der Waals surface area contributed by atoms with Crippen LogP contribution >= 0.6 is 12.6 Å². The number of hydrogen-bond donors (Lipinski definition) is 2. The Bertz CT molecular complexity index is 347.